The lowest BCUT2D eigenvalue weighted by Crippen LogP contribution is -2.46. The fraction of sp³-hybridized carbons (Fsp3) is 1.00. The third kappa shape index (κ3) is 6.40. The largest absolute Gasteiger partial charge is 0.315 e. The van der Waals surface area contributed by atoms with Gasteiger partial charge in [0.15, 0.2) is 0 Å². The van der Waals surface area contributed by atoms with E-state index in [-0.39, 0.29) is 0 Å². The molecule has 1 aliphatic rings. The van der Waals surface area contributed by atoms with Crippen molar-refractivity contribution in [2.24, 2.45) is 0 Å². The van der Waals surface area contributed by atoms with Gasteiger partial charge in [-0.05, 0) is 32.0 Å². The Morgan fingerprint density at radius 3 is 2.53 bits per heavy atom. The predicted octanol–water partition coefficient (Wildman–Crippen LogP) is 0.577. The van der Waals surface area contributed by atoms with Gasteiger partial charge in [0.2, 0.25) is 0 Å². The summed E-state index contributed by atoms with van der Waals surface area (Å²) >= 11 is 1.93. The van der Waals surface area contributed by atoms with Crippen molar-refractivity contribution in [3.05, 3.63) is 0 Å². The first-order chi connectivity index (χ1) is 7.33. The molecule has 0 aromatic heterocycles. The van der Waals surface area contributed by atoms with Gasteiger partial charge in [-0.1, -0.05) is 0 Å². The second-order valence-electron chi connectivity index (χ2n) is 4.24. The molecule has 0 unspecified atom stereocenters. The first-order valence-corrected chi connectivity index (χ1v) is 7.33. The topological polar surface area (TPSA) is 18.5 Å². The van der Waals surface area contributed by atoms with Crippen molar-refractivity contribution < 1.29 is 0 Å². The van der Waals surface area contributed by atoms with Crippen LogP contribution in [0.25, 0.3) is 0 Å². The highest BCUT2D eigenvalue weighted by Gasteiger charge is 2.12. The number of hydrogen-bond donors (Lipinski definition) is 1. The molecule has 0 saturated carbocycles. The average Bonchev–Trinajstić information content (AvgIpc) is 2.26. The zero-order valence-corrected chi connectivity index (χ0v) is 11.0. The number of hydrogen-bond acceptors (Lipinski definition) is 4. The number of nitrogens with zero attached hydrogens (tertiary/aromatic N) is 2. The third-order valence-corrected chi connectivity index (χ3v) is 3.60. The molecule has 0 radical (unpaired) electrons. The summed E-state index contributed by atoms with van der Waals surface area (Å²) in [6, 6.07) is 0. The highest BCUT2D eigenvalue weighted by Crippen LogP contribution is 1.97. The Balaban J connectivity index is 1.87. The van der Waals surface area contributed by atoms with E-state index < -0.39 is 0 Å². The Morgan fingerprint density at radius 2 is 1.87 bits per heavy atom. The van der Waals surface area contributed by atoms with E-state index in [9.17, 15) is 0 Å². The van der Waals surface area contributed by atoms with Crippen LogP contribution in [0, 0.1) is 0 Å². The van der Waals surface area contributed by atoms with Crippen molar-refractivity contribution in [3.8, 4) is 0 Å². The van der Waals surface area contributed by atoms with Crippen LogP contribution in [0.4, 0.5) is 0 Å². The summed E-state index contributed by atoms with van der Waals surface area (Å²) in [6.07, 6.45) is 3.47. The summed E-state index contributed by atoms with van der Waals surface area (Å²) in [5, 5.41) is 3.51. The Hall–Kier alpha value is 0.230. The molecule has 0 spiro atoms. The van der Waals surface area contributed by atoms with Gasteiger partial charge in [0.25, 0.3) is 0 Å². The summed E-state index contributed by atoms with van der Waals surface area (Å²) in [7, 11) is 2.21. The Labute approximate surface area is 98.6 Å². The van der Waals surface area contributed by atoms with Gasteiger partial charge in [0.05, 0.1) is 0 Å². The van der Waals surface area contributed by atoms with Crippen LogP contribution in [0.2, 0.25) is 0 Å². The van der Waals surface area contributed by atoms with Crippen LogP contribution in [0.5, 0.6) is 0 Å². The lowest BCUT2D eigenvalue weighted by Gasteiger charge is -2.32. The maximum atomic E-state index is 3.51. The van der Waals surface area contributed by atoms with E-state index in [1.807, 2.05) is 11.8 Å². The Morgan fingerprint density at radius 1 is 1.13 bits per heavy atom. The molecule has 0 aliphatic carbocycles. The third-order valence-electron chi connectivity index (χ3n) is 2.90. The lowest BCUT2D eigenvalue weighted by molar-refractivity contribution is 0.155. The Bertz CT molecular complexity index is 147. The minimum Gasteiger partial charge on any atom is -0.315 e. The van der Waals surface area contributed by atoms with Gasteiger partial charge in [-0.15, -0.1) is 0 Å². The normalized spacial score (nSPS) is 19.6. The van der Waals surface area contributed by atoms with Crippen LogP contribution in [-0.4, -0.2) is 74.7 Å². The average molecular weight is 231 g/mol. The van der Waals surface area contributed by atoms with Gasteiger partial charge in [-0.3, -0.25) is 4.90 Å². The molecule has 1 N–H and O–H groups in total. The van der Waals surface area contributed by atoms with E-state index in [0.29, 0.717) is 0 Å². The lowest BCUT2D eigenvalue weighted by atomic mass is 10.3. The summed E-state index contributed by atoms with van der Waals surface area (Å²) in [5.41, 5.74) is 0. The molecular formula is C11H25N3S. The van der Waals surface area contributed by atoms with Crippen molar-refractivity contribution in [1.29, 1.82) is 0 Å². The smallest absolute Gasteiger partial charge is 0.0110 e. The summed E-state index contributed by atoms with van der Waals surface area (Å²) in [5.74, 6) is 1.28. The summed E-state index contributed by atoms with van der Waals surface area (Å²) in [4.78, 5) is 4.96. The van der Waals surface area contributed by atoms with E-state index >= 15 is 0 Å². The molecular weight excluding hydrogens is 206 g/mol. The number of nitrogens with one attached hydrogen (secondary N) is 1. The molecule has 0 bridgehead atoms. The first-order valence-electron chi connectivity index (χ1n) is 5.93. The molecule has 1 aliphatic heterocycles. The minimum atomic E-state index is 1.15. The molecule has 4 heteroatoms. The molecule has 1 heterocycles. The molecule has 0 aromatic rings. The monoisotopic (exact) mass is 231 g/mol. The van der Waals surface area contributed by atoms with Crippen LogP contribution in [0.3, 0.4) is 0 Å². The fourth-order valence-corrected chi connectivity index (χ4v) is 2.21. The standard InChI is InChI=1S/C11H25N3S/c1-13-7-9-14(10-8-13)6-5-12-4-3-11-15-2/h12H,3-11H2,1-2H3. The van der Waals surface area contributed by atoms with E-state index in [1.54, 1.807) is 0 Å². The quantitative estimate of drug-likeness (QED) is 0.646. The van der Waals surface area contributed by atoms with E-state index in [0.717, 1.165) is 6.54 Å². The number of rotatable bonds is 7. The van der Waals surface area contributed by atoms with Crippen LogP contribution >= 0.6 is 11.8 Å². The second-order valence-corrected chi connectivity index (χ2v) is 5.23. The fourth-order valence-electron chi connectivity index (χ4n) is 1.78. The Kier molecular flexibility index (Phi) is 7.44. The van der Waals surface area contributed by atoms with Gasteiger partial charge < -0.3 is 10.2 Å². The molecule has 0 aromatic carbocycles. The molecule has 15 heavy (non-hydrogen) atoms. The van der Waals surface area contributed by atoms with Crippen molar-refractivity contribution >= 4 is 11.8 Å². The zero-order valence-electron chi connectivity index (χ0n) is 10.2. The van der Waals surface area contributed by atoms with Crippen molar-refractivity contribution in [3.63, 3.8) is 0 Å². The molecule has 1 rings (SSSR count). The van der Waals surface area contributed by atoms with Gasteiger partial charge in [-0.25, -0.2) is 0 Å². The summed E-state index contributed by atoms with van der Waals surface area (Å²) < 4.78 is 0. The van der Waals surface area contributed by atoms with E-state index in [1.165, 1.54) is 51.4 Å². The van der Waals surface area contributed by atoms with Crippen LogP contribution in [-0.2, 0) is 0 Å². The SMILES string of the molecule is CSCCCNCCN1CCN(C)CC1. The van der Waals surface area contributed by atoms with Gasteiger partial charge in [0, 0.05) is 39.3 Å². The van der Waals surface area contributed by atoms with Gasteiger partial charge >= 0.3 is 0 Å². The molecule has 1 fully saturated rings. The van der Waals surface area contributed by atoms with Gasteiger partial charge in [0.1, 0.15) is 0 Å². The van der Waals surface area contributed by atoms with Crippen LogP contribution in [0.1, 0.15) is 6.42 Å². The molecule has 0 atom stereocenters. The minimum absolute atomic E-state index is 1.15. The van der Waals surface area contributed by atoms with Gasteiger partial charge in [-0.2, -0.15) is 11.8 Å². The van der Waals surface area contributed by atoms with Crippen molar-refractivity contribution in [1.82, 2.24) is 15.1 Å². The summed E-state index contributed by atoms with van der Waals surface area (Å²) in [6.45, 7) is 8.48. The second kappa shape index (κ2) is 8.39. The number of piperazine rings is 1. The highest BCUT2D eigenvalue weighted by atomic mass is 32.2. The molecule has 90 valence electrons. The first kappa shape index (κ1) is 13.3. The molecule has 3 nitrogen and oxygen atoms in total. The molecule has 1 saturated heterocycles. The number of thioether (sulfide) groups is 1. The number of likely N-dealkylation sites (N-methyl/N-ethyl adjacent to an activating group) is 1. The van der Waals surface area contributed by atoms with E-state index in [2.05, 4.69) is 28.4 Å². The highest BCUT2D eigenvalue weighted by molar-refractivity contribution is 7.98. The van der Waals surface area contributed by atoms with E-state index in [4.69, 9.17) is 0 Å². The zero-order chi connectivity index (χ0) is 10.9. The maximum absolute atomic E-state index is 3.51. The van der Waals surface area contributed by atoms with Crippen LogP contribution < -0.4 is 5.32 Å². The van der Waals surface area contributed by atoms with Crippen molar-refractivity contribution in [2.75, 3.05) is 64.9 Å². The van der Waals surface area contributed by atoms with Crippen molar-refractivity contribution in [2.45, 2.75) is 6.42 Å². The predicted molar refractivity (Wildman–Crippen MR) is 69.8 cm³/mol. The maximum Gasteiger partial charge on any atom is 0.0110 e. The molecule has 0 amide bonds. The van der Waals surface area contributed by atoms with Crippen LogP contribution in [0.15, 0.2) is 0 Å².